The number of rotatable bonds is 1. The van der Waals surface area contributed by atoms with Crippen molar-refractivity contribution in [3.8, 4) is 0 Å². The van der Waals surface area contributed by atoms with E-state index < -0.39 is 0 Å². The summed E-state index contributed by atoms with van der Waals surface area (Å²) in [5.74, 6) is 0. The van der Waals surface area contributed by atoms with E-state index in [9.17, 15) is 0 Å². The monoisotopic (exact) mass is 110 g/mol. The third-order valence-electron chi connectivity index (χ3n) is 0.945. The lowest BCUT2D eigenvalue weighted by molar-refractivity contribution is 0.122. The summed E-state index contributed by atoms with van der Waals surface area (Å²) in [5.41, 5.74) is 0. The zero-order valence-corrected chi connectivity index (χ0v) is 4.72. The van der Waals surface area contributed by atoms with Gasteiger partial charge in [0.1, 0.15) is 6.23 Å². The van der Waals surface area contributed by atoms with E-state index in [2.05, 4.69) is 11.5 Å². The first-order valence-electron chi connectivity index (χ1n) is 2.47. The predicted octanol–water partition coefficient (Wildman–Crippen LogP) is 0.435. The number of methoxy groups -OCH3 is 1. The lowest BCUT2D eigenvalue weighted by Crippen LogP contribution is -2.25. The Labute approximate surface area is 48.8 Å². The van der Waals surface area contributed by atoms with E-state index in [4.69, 9.17) is 4.74 Å². The van der Waals surface area contributed by atoms with Crippen LogP contribution in [-0.4, -0.2) is 13.3 Å². The molecule has 0 saturated heterocycles. The Kier molecular flexibility index (Phi) is 1.70. The van der Waals surface area contributed by atoms with E-state index in [-0.39, 0.29) is 6.23 Å². The number of hydrogen-bond donors (Lipinski definition) is 1. The number of nitrogens with one attached hydrogen (secondary N) is 1. The van der Waals surface area contributed by atoms with Crippen LogP contribution in [-0.2, 0) is 4.74 Å². The molecule has 1 heterocycles. The number of hydrogen-bond acceptors (Lipinski definition) is 2. The van der Waals surface area contributed by atoms with E-state index in [0.29, 0.717) is 0 Å². The number of ether oxygens (including phenoxy) is 1. The first-order chi connectivity index (χ1) is 3.93. The van der Waals surface area contributed by atoms with E-state index in [0.717, 1.165) is 0 Å². The fourth-order valence-corrected chi connectivity index (χ4v) is 0.520. The average molecular weight is 110 g/mol. The van der Waals surface area contributed by atoms with Gasteiger partial charge in [0.2, 0.25) is 0 Å². The zero-order chi connectivity index (χ0) is 5.82. The summed E-state index contributed by atoms with van der Waals surface area (Å²) in [4.78, 5) is 0. The van der Waals surface area contributed by atoms with Crippen molar-refractivity contribution in [2.75, 3.05) is 7.11 Å². The van der Waals surface area contributed by atoms with Crippen LogP contribution in [0.15, 0.2) is 18.2 Å². The van der Waals surface area contributed by atoms with Crippen molar-refractivity contribution in [1.82, 2.24) is 5.32 Å². The van der Waals surface area contributed by atoms with Gasteiger partial charge in [-0.2, -0.15) is 0 Å². The average Bonchev–Trinajstić information content (AvgIpc) is 1.90. The molecule has 1 atom stereocenters. The van der Waals surface area contributed by atoms with Crippen LogP contribution in [0.25, 0.3) is 0 Å². The summed E-state index contributed by atoms with van der Waals surface area (Å²) in [7, 11) is 1.65. The Balaban J connectivity index is 2.40. The minimum Gasteiger partial charge on any atom is -0.358 e. The zero-order valence-electron chi connectivity index (χ0n) is 4.72. The van der Waals surface area contributed by atoms with Gasteiger partial charge in [0, 0.05) is 7.11 Å². The van der Waals surface area contributed by atoms with Gasteiger partial charge in [-0.25, -0.2) is 0 Å². The Hall–Kier alpha value is -0.760. The highest BCUT2D eigenvalue weighted by atomic mass is 16.5. The van der Waals surface area contributed by atoms with Crippen molar-refractivity contribution in [2.24, 2.45) is 0 Å². The summed E-state index contributed by atoms with van der Waals surface area (Å²) in [6, 6.07) is 0. The highest BCUT2D eigenvalue weighted by molar-refractivity contribution is 5.06. The molecule has 2 nitrogen and oxygen atoms in total. The molecule has 0 aliphatic carbocycles. The largest absolute Gasteiger partial charge is 0.358 e. The molecule has 0 bridgehead atoms. The SMILES string of the molecule is COC1C=CC=[C]N1. The molecule has 1 rings (SSSR count). The molecule has 0 fully saturated rings. The molecule has 43 valence electrons. The van der Waals surface area contributed by atoms with Gasteiger partial charge in [-0.15, -0.1) is 0 Å². The fraction of sp³-hybridized carbons (Fsp3) is 0.333. The molecule has 1 unspecified atom stereocenters. The number of dihydropyridines is 1. The van der Waals surface area contributed by atoms with Crippen LogP contribution in [0.4, 0.5) is 0 Å². The van der Waals surface area contributed by atoms with Gasteiger partial charge in [0.25, 0.3) is 0 Å². The Morgan fingerprint density at radius 3 is 3.00 bits per heavy atom. The molecular weight excluding hydrogens is 102 g/mol. The fourth-order valence-electron chi connectivity index (χ4n) is 0.520. The summed E-state index contributed by atoms with van der Waals surface area (Å²) >= 11 is 0. The molecule has 0 spiro atoms. The minimum absolute atomic E-state index is 0.0139. The molecule has 2 heteroatoms. The van der Waals surface area contributed by atoms with Gasteiger partial charge in [-0.3, -0.25) is 0 Å². The number of allylic oxidation sites excluding steroid dienone is 2. The minimum atomic E-state index is 0.0139. The maximum atomic E-state index is 4.91. The van der Waals surface area contributed by atoms with E-state index >= 15 is 0 Å². The third kappa shape index (κ3) is 1.10. The Morgan fingerprint density at radius 1 is 1.75 bits per heavy atom. The second kappa shape index (κ2) is 2.52. The van der Waals surface area contributed by atoms with E-state index in [1.165, 1.54) is 0 Å². The Morgan fingerprint density at radius 2 is 2.62 bits per heavy atom. The van der Waals surface area contributed by atoms with E-state index in [1.54, 1.807) is 13.2 Å². The van der Waals surface area contributed by atoms with Gasteiger partial charge in [-0.05, 0) is 12.2 Å². The van der Waals surface area contributed by atoms with Crippen LogP contribution in [0, 0.1) is 6.20 Å². The van der Waals surface area contributed by atoms with Crippen LogP contribution in [0.3, 0.4) is 0 Å². The topological polar surface area (TPSA) is 21.3 Å². The lowest BCUT2D eigenvalue weighted by atomic mass is 10.4. The van der Waals surface area contributed by atoms with Crippen LogP contribution >= 0.6 is 0 Å². The van der Waals surface area contributed by atoms with Crippen LogP contribution in [0.5, 0.6) is 0 Å². The lowest BCUT2D eigenvalue weighted by Gasteiger charge is -2.11. The molecule has 0 aromatic carbocycles. The Bertz CT molecular complexity index is 118. The van der Waals surface area contributed by atoms with Crippen molar-refractivity contribution < 1.29 is 4.74 Å². The molecule has 0 saturated carbocycles. The van der Waals surface area contributed by atoms with Crippen molar-refractivity contribution in [2.45, 2.75) is 6.23 Å². The molecule has 0 amide bonds. The molecular formula is C6H8NO. The summed E-state index contributed by atoms with van der Waals surface area (Å²) in [6.45, 7) is 0. The van der Waals surface area contributed by atoms with Gasteiger partial charge < -0.3 is 10.1 Å². The highest BCUT2D eigenvalue weighted by Crippen LogP contribution is 1.92. The first kappa shape index (κ1) is 5.38. The molecule has 1 N–H and O–H groups in total. The maximum Gasteiger partial charge on any atom is 0.146 e. The summed E-state index contributed by atoms with van der Waals surface area (Å²) in [5, 5.41) is 2.85. The second-order valence-electron chi connectivity index (χ2n) is 1.50. The molecule has 1 aliphatic heterocycles. The summed E-state index contributed by atoms with van der Waals surface area (Å²) < 4.78 is 4.91. The quantitative estimate of drug-likeness (QED) is 0.528. The van der Waals surface area contributed by atoms with Crippen molar-refractivity contribution in [1.29, 1.82) is 0 Å². The first-order valence-corrected chi connectivity index (χ1v) is 2.47. The van der Waals surface area contributed by atoms with Gasteiger partial charge in [0.15, 0.2) is 0 Å². The van der Waals surface area contributed by atoms with Crippen LogP contribution in [0.2, 0.25) is 0 Å². The summed E-state index contributed by atoms with van der Waals surface area (Å²) in [6.07, 6.45) is 8.42. The van der Waals surface area contributed by atoms with Gasteiger partial charge >= 0.3 is 0 Å². The molecule has 8 heavy (non-hydrogen) atoms. The van der Waals surface area contributed by atoms with Crippen molar-refractivity contribution in [3.63, 3.8) is 0 Å². The van der Waals surface area contributed by atoms with Gasteiger partial charge in [0.05, 0.1) is 6.20 Å². The predicted molar refractivity (Wildman–Crippen MR) is 30.9 cm³/mol. The van der Waals surface area contributed by atoms with Crippen molar-refractivity contribution in [3.05, 3.63) is 24.4 Å². The smallest absolute Gasteiger partial charge is 0.146 e. The van der Waals surface area contributed by atoms with E-state index in [1.807, 2.05) is 12.2 Å². The van der Waals surface area contributed by atoms with Gasteiger partial charge in [-0.1, -0.05) is 6.08 Å². The normalized spacial score (nSPS) is 25.4. The van der Waals surface area contributed by atoms with Crippen molar-refractivity contribution >= 4 is 0 Å². The maximum absolute atomic E-state index is 4.91. The second-order valence-corrected chi connectivity index (χ2v) is 1.50. The standard InChI is InChI=1S/C6H8NO/c1-8-6-4-2-3-5-7-6/h2-4,6-7H,1H3. The molecule has 1 radical (unpaired) electrons. The molecule has 1 aliphatic rings. The molecule has 0 aromatic heterocycles. The molecule has 0 aromatic rings. The third-order valence-corrected chi connectivity index (χ3v) is 0.945. The van der Waals surface area contributed by atoms with Crippen LogP contribution < -0.4 is 5.32 Å². The van der Waals surface area contributed by atoms with Crippen LogP contribution in [0.1, 0.15) is 0 Å². The highest BCUT2D eigenvalue weighted by Gasteiger charge is 1.97.